The Balaban J connectivity index is 1.64. The normalized spacial score (nSPS) is 14.9. The Hall–Kier alpha value is -3.32. The van der Waals surface area contributed by atoms with Gasteiger partial charge in [-0.1, -0.05) is 0 Å². The van der Waals surface area contributed by atoms with E-state index in [1.165, 1.54) is 43.7 Å². The molecule has 0 amide bonds. The lowest BCUT2D eigenvalue weighted by Gasteiger charge is -2.22. The number of benzene rings is 1. The molecule has 2 heterocycles. The molecular weight excluding hydrogens is 449 g/mol. The molecule has 1 fully saturated rings. The van der Waals surface area contributed by atoms with Gasteiger partial charge in [-0.2, -0.15) is 23.3 Å². The van der Waals surface area contributed by atoms with Gasteiger partial charge in [-0.15, -0.1) is 0 Å². The first-order valence-corrected chi connectivity index (χ1v) is 10.9. The van der Waals surface area contributed by atoms with Crippen LogP contribution < -0.4 is 10.0 Å². The Morgan fingerprint density at radius 3 is 2.41 bits per heavy atom. The standard InChI is InChI=1S/C19H17F3N6O3S/c1-23-32(30,31)15-4-2-13(3-5-15)26-18-24-9-16(19(20,21)22)17(27-18)28-10-12(8-25-28)11-6-14(29)7-11/h2-5,8-11,23H,6-7H2,1H3,(H,24,26,27). The predicted molar refractivity (Wildman–Crippen MR) is 107 cm³/mol. The van der Waals surface area contributed by atoms with Crippen LogP contribution in [0.15, 0.2) is 47.8 Å². The smallest absolute Gasteiger partial charge is 0.324 e. The molecule has 3 aromatic rings. The third-order valence-corrected chi connectivity index (χ3v) is 6.43. The molecule has 1 aliphatic rings. The van der Waals surface area contributed by atoms with Crippen LogP contribution in [0.1, 0.15) is 29.9 Å². The maximum atomic E-state index is 13.5. The summed E-state index contributed by atoms with van der Waals surface area (Å²) in [6.45, 7) is 0. The topological polar surface area (TPSA) is 119 Å². The van der Waals surface area contributed by atoms with Crippen molar-refractivity contribution in [2.45, 2.75) is 29.8 Å². The van der Waals surface area contributed by atoms with Crippen LogP contribution in [0, 0.1) is 0 Å². The summed E-state index contributed by atoms with van der Waals surface area (Å²) in [4.78, 5) is 19.0. The van der Waals surface area contributed by atoms with Crippen molar-refractivity contribution in [2.75, 3.05) is 12.4 Å². The number of carbonyl (C=O) groups is 1. The molecule has 168 valence electrons. The van der Waals surface area contributed by atoms with Crippen LogP contribution in [0.5, 0.6) is 0 Å². The van der Waals surface area contributed by atoms with Crippen molar-refractivity contribution in [3.05, 3.63) is 54.0 Å². The van der Waals surface area contributed by atoms with E-state index in [-0.39, 0.29) is 22.5 Å². The number of sulfonamides is 1. The molecule has 0 aliphatic heterocycles. The number of alkyl halides is 3. The number of nitrogens with zero attached hydrogens (tertiary/aromatic N) is 4. The van der Waals surface area contributed by atoms with Gasteiger partial charge >= 0.3 is 6.18 Å². The number of aromatic nitrogens is 4. The Labute approximate surface area is 180 Å². The number of halogens is 3. The fourth-order valence-corrected chi connectivity index (χ4v) is 3.89. The van der Waals surface area contributed by atoms with Crippen LogP contribution >= 0.6 is 0 Å². The van der Waals surface area contributed by atoms with E-state index in [4.69, 9.17) is 0 Å². The SMILES string of the molecule is CNS(=O)(=O)c1ccc(Nc2ncc(C(F)(F)F)c(-n3cc(C4CC(=O)C4)cn3)n2)cc1. The molecule has 2 N–H and O–H groups in total. The quantitative estimate of drug-likeness (QED) is 0.573. The third-order valence-electron chi connectivity index (χ3n) is 5.00. The first kappa shape index (κ1) is 21.9. The van der Waals surface area contributed by atoms with Crippen molar-refractivity contribution in [2.24, 2.45) is 0 Å². The zero-order chi connectivity index (χ0) is 23.1. The summed E-state index contributed by atoms with van der Waals surface area (Å²) in [5.74, 6) is -0.562. The third kappa shape index (κ3) is 4.34. The highest BCUT2D eigenvalue weighted by Gasteiger charge is 2.37. The van der Waals surface area contributed by atoms with Crippen molar-refractivity contribution in [1.82, 2.24) is 24.5 Å². The second-order valence-electron chi connectivity index (χ2n) is 7.15. The molecule has 1 aromatic carbocycles. The summed E-state index contributed by atoms with van der Waals surface area (Å²) in [7, 11) is -2.34. The van der Waals surface area contributed by atoms with Crippen LogP contribution in [0.25, 0.3) is 5.82 Å². The van der Waals surface area contributed by atoms with E-state index in [2.05, 4.69) is 25.1 Å². The van der Waals surface area contributed by atoms with Crippen molar-refractivity contribution < 1.29 is 26.4 Å². The second kappa shape index (κ2) is 7.98. The van der Waals surface area contributed by atoms with Gasteiger partial charge < -0.3 is 5.32 Å². The molecule has 1 aliphatic carbocycles. The van der Waals surface area contributed by atoms with Gasteiger partial charge in [0.15, 0.2) is 5.82 Å². The maximum absolute atomic E-state index is 13.5. The van der Waals surface area contributed by atoms with Gasteiger partial charge in [0.05, 0.1) is 11.1 Å². The number of anilines is 2. The van der Waals surface area contributed by atoms with Gasteiger partial charge in [0.2, 0.25) is 16.0 Å². The minimum atomic E-state index is -4.71. The molecule has 0 bridgehead atoms. The fraction of sp³-hybridized carbons (Fsp3) is 0.263. The molecule has 0 unspecified atom stereocenters. The molecule has 0 atom stereocenters. The average Bonchev–Trinajstić information content (AvgIpc) is 3.20. The molecular formula is C19H17F3N6O3S. The average molecular weight is 466 g/mol. The van der Waals surface area contributed by atoms with Crippen LogP contribution in [0.3, 0.4) is 0 Å². The lowest BCUT2D eigenvalue weighted by molar-refractivity contribution is -0.138. The van der Waals surface area contributed by atoms with E-state index >= 15 is 0 Å². The van der Waals surface area contributed by atoms with Crippen molar-refractivity contribution >= 4 is 27.4 Å². The number of ketones is 1. The van der Waals surface area contributed by atoms with Gasteiger partial charge in [-0.05, 0) is 36.9 Å². The summed E-state index contributed by atoms with van der Waals surface area (Å²) >= 11 is 0. The van der Waals surface area contributed by atoms with Gasteiger partial charge in [0, 0.05) is 36.8 Å². The lowest BCUT2D eigenvalue weighted by atomic mass is 9.80. The van der Waals surface area contributed by atoms with Crippen LogP contribution in [-0.4, -0.2) is 41.0 Å². The number of rotatable bonds is 6. The predicted octanol–water partition coefficient (Wildman–Crippen LogP) is 2.78. The van der Waals surface area contributed by atoms with E-state index in [0.29, 0.717) is 30.3 Å². The number of Topliss-reactive ketones (excluding diaryl/α,β-unsaturated/α-hetero) is 1. The van der Waals surface area contributed by atoms with E-state index in [0.717, 1.165) is 4.68 Å². The number of carbonyl (C=O) groups excluding carboxylic acids is 1. The molecule has 2 aromatic heterocycles. The van der Waals surface area contributed by atoms with Crippen LogP contribution in [0.4, 0.5) is 24.8 Å². The highest BCUT2D eigenvalue weighted by molar-refractivity contribution is 7.89. The van der Waals surface area contributed by atoms with E-state index in [1.807, 2.05) is 0 Å². The zero-order valence-electron chi connectivity index (χ0n) is 16.6. The largest absolute Gasteiger partial charge is 0.421 e. The highest BCUT2D eigenvalue weighted by atomic mass is 32.2. The van der Waals surface area contributed by atoms with E-state index < -0.39 is 27.6 Å². The Morgan fingerprint density at radius 1 is 1.12 bits per heavy atom. The molecule has 1 saturated carbocycles. The highest BCUT2D eigenvalue weighted by Crippen LogP contribution is 2.36. The minimum Gasteiger partial charge on any atom is -0.324 e. The molecule has 9 nitrogen and oxygen atoms in total. The Bertz CT molecular complexity index is 1260. The Morgan fingerprint density at radius 2 is 1.81 bits per heavy atom. The summed E-state index contributed by atoms with van der Waals surface area (Å²) in [6.07, 6.45) is -0.529. The van der Waals surface area contributed by atoms with Gasteiger partial charge in [-0.3, -0.25) is 4.79 Å². The maximum Gasteiger partial charge on any atom is 0.421 e. The number of nitrogens with one attached hydrogen (secondary N) is 2. The minimum absolute atomic E-state index is 0.0260. The van der Waals surface area contributed by atoms with Gasteiger partial charge in [-0.25, -0.2) is 22.8 Å². The Kier molecular flexibility index (Phi) is 5.46. The summed E-state index contributed by atoms with van der Waals surface area (Å²) in [5.41, 5.74) is -0.0371. The second-order valence-corrected chi connectivity index (χ2v) is 9.03. The van der Waals surface area contributed by atoms with Crippen molar-refractivity contribution in [3.8, 4) is 5.82 Å². The van der Waals surface area contributed by atoms with Crippen LogP contribution in [0.2, 0.25) is 0 Å². The van der Waals surface area contributed by atoms with Crippen molar-refractivity contribution in [1.29, 1.82) is 0 Å². The molecule has 32 heavy (non-hydrogen) atoms. The van der Waals surface area contributed by atoms with Gasteiger partial charge in [0.25, 0.3) is 0 Å². The molecule has 0 spiro atoms. The zero-order valence-corrected chi connectivity index (χ0v) is 17.4. The first-order valence-electron chi connectivity index (χ1n) is 9.38. The lowest BCUT2D eigenvalue weighted by Crippen LogP contribution is -2.20. The molecule has 4 rings (SSSR count). The van der Waals surface area contributed by atoms with E-state index in [1.54, 1.807) is 0 Å². The first-order chi connectivity index (χ1) is 15.1. The molecule has 13 heteroatoms. The van der Waals surface area contributed by atoms with Gasteiger partial charge in [0.1, 0.15) is 11.3 Å². The monoisotopic (exact) mass is 466 g/mol. The fourth-order valence-electron chi connectivity index (χ4n) is 3.16. The molecule has 0 radical (unpaired) electrons. The summed E-state index contributed by atoms with van der Waals surface area (Å²) in [6, 6.07) is 5.53. The molecule has 0 saturated heterocycles. The number of hydrogen-bond acceptors (Lipinski definition) is 7. The van der Waals surface area contributed by atoms with E-state index in [9.17, 15) is 26.4 Å². The summed E-state index contributed by atoms with van der Waals surface area (Å²) < 4.78 is 67.4. The van der Waals surface area contributed by atoms with Crippen molar-refractivity contribution in [3.63, 3.8) is 0 Å². The number of hydrogen-bond donors (Lipinski definition) is 2. The summed E-state index contributed by atoms with van der Waals surface area (Å²) in [5, 5.41) is 6.75. The van der Waals surface area contributed by atoms with Crippen LogP contribution in [-0.2, 0) is 21.0 Å².